The molecule has 0 aliphatic heterocycles. The first-order valence-corrected chi connectivity index (χ1v) is 5.25. The minimum absolute atomic E-state index is 1.07. The van der Waals surface area contributed by atoms with E-state index in [1.165, 1.54) is 11.1 Å². The standard InChI is InChI=1S/C13H19N/c1-4-14(5-2)11-12(3)13-9-7-6-8-10-13/h6-11H,4-5H2,1-3H3/b12-11+. The first kappa shape index (κ1) is 10.8. The lowest BCUT2D eigenvalue weighted by molar-refractivity contribution is 0.420. The van der Waals surface area contributed by atoms with Gasteiger partial charge in [0.25, 0.3) is 0 Å². The predicted octanol–water partition coefficient (Wildman–Crippen LogP) is 3.39. The Bertz CT molecular complexity index is 283. The van der Waals surface area contributed by atoms with Gasteiger partial charge in [-0.2, -0.15) is 0 Å². The predicted molar refractivity (Wildman–Crippen MR) is 63.0 cm³/mol. The molecule has 1 nitrogen and oxygen atoms in total. The molecule has 0 fully saturated rings. The second-order valence-corrected chi connectivity index (χ2v) is 3.40. The van der Waals surface area contributed by atoms with Gasteiger partial charge in [-0.1, -0.05) is 30.3 Å². The van der Waals surface area contributed by atoms with Crippen molar-refractivity contribution in [2.45, 2.75) is 20.8 Å². The van der Waals surface area contributed by atoms with Crippen LogP contribution in [0.4, 0.5) is 0 Å². The fourth-order valence-corrected chi connectivity index (χ4v) is 1.46. The largest absolute Gasteiger partial charge is 0.378 e. The zero-order valence-corrected chi connectivity index (χ0v) is 9.33. The zero-order valence-electron chi connectivity index (χ0n) is 9.33. The topological polar surface area (TPSA) is 3.24 Å². The SMILES string of the molecule is CCN(/C=C(\C)c1ccccc1)CC. The molecule has 0 amide bonds. The highest BCUT2D eigenvalue weighted by atomic mass is 15.1. The lowest BCUT2D eigenvalue weighted by Crippen LogP contribution is -2.15. The Balaban J connectivity index is 2.78. The van der Waals surface area contributed by atoms with Crippen molar-refractivity contribution in [3.8, 4) is 0 Å². The fraction of sp³-hybridized carbons (Fsp3) is 0.385. The van der Waals surface area contributed by atoms with Crippen LogP contribution in [0.2, 0.25) is 0 Å². The first-order valence-electron chi connectivity index (χ1n) is 5.25. The first-order chi connectivity index (χ1) is 6.77. The van der Waals surface area contributed by atoms with E-state index < -0.39 is 0 Å². The Morgan fingerprint density at radius 2 is 1.71 bits per heavy atom. The van der Waals surface area contributed by atoms with Crippen molar-refractivity contribution >= 4 is 5.57 Å². The molecule has 0 spiro atoms. The van der Waals surface area contributed by atoms with Gasteiger partial charge in [0.05, 0.1) is 0 Å². The van der Waals surface area contributed by atoms with Crippen molar-refractivity contribution < 1.29 is 0 Å². The molecule has 0 unspecified atom stereocenters. The normalized spacial score (nSPS) is 11.5. The van der Waals surface area contributed by atoms with Crippen LogP contribution >= 0.6 is 0 Å². The van der Waals surface area contributed by atoms with Crippen LogP contribution in [0, 0.1) is 0 Å². The van der Waals surface area contributed by atoms with Crippen LogP contribution < -0.4 is 0 Å². The highest BCUT2D eigenvalue weighted by Gasteiger charge is 1.96. The molecular formula is C13H19N. The number of benzene rings is 1. The Kier molecular flexibility index (Phi) is 4.24. The third kappa shape index (κ3) is 2.91. The van der Waals surface area contributed by atoms with Crippen LogP contribution in [0.1, 0.15) is 26.3 Å². The quantitative estimate of drug-likeness (QED) is 0.701. The molecular weight excluding hydrogens is 170 g/mol. The molecule has 0 saturated carbocycles. The van der Waals surface area contributed by atoms with Crippen molar-refractivity contribution in [2.24, 2.45) is 0 Å². The smallest absolute Gasteiger partial charge is 0.0144 e. The molecule has 1 aromatic carbocycles. The van der Waals surface area contributed by atoms with E-state index in [4.69, 9.17) is 0 Å². The zero-order chi connectivity index (χ0) is 10.4. The summed E-state index contributed by atoms with van der Waals surface area (Å²) in [6.45, 7) is 8.66. The summed E-state index contributed by atoms with van der Waals surface area (Å²) in [5.41, 5.74) is 2.63. The average Bonchev–Trinajstić information content (AvgIpc) is 2.26. The van der Waals surface area contributed by atoms with Crippen molar-refractivity contribution in [3.63, 3.8) is 0 Å². The number of allylic oxidation sites excluding steroid dienone is 1. The minimum atomic E-state index is 1.07. The summed E-state index contributed by atoms with van der Waals surface area (Å²) >= 11 is 0. The van der Waals surface area contributed by atoms with Gasteiger partial charge in [0.1, 0.15) is 0 Å². The molecule has 0 aromatic heterocycles. The van der Waals surface area contributed by atoms with Gasteiger partial charge in [-0.25, -0.2) is 0 Å². The molecule has 1 rings (SSSR count). The van der Waals surface area contributed by atoms with Gasteiger partial charge in [0, 0.05) is 19.3 Å². The van der Waals surface area contributed by atoms with E-state index >= 15 is 0 Å². The third-order valence-corrected chi connectivity index (χ3v) is 2.42. The van der Waals surface area contributed by atoms with E-state index in [9.17, 15) is 0 Å². The minimum Gasteiger partial charge on any atom is -0.378 e. The molecule has 0 bridgehead atoms. The van der Waals surface area contributed by atoms with Crippen molar-refractivity contribution in [1.82, 2.24) is 4.90 Å². The van der Waals surface area contributed by atoms with Crippen LogP contribution in [0.25, 0.3) is 5.57 Å². The van der Waals surface area contributed by atoms with Gasteiger partial charge in [-0.3, -0.25) is 0 Å². The van der Waals surface area contributed by atoms with Crippen LogP contribution in [0.15, 0.2) is 36.5 Å². The van der Waals surface area contributed by atoms with Gasteiger partial charge in [0.2, 0.25) is 0 Å². The molecule has 76 valence electrons. The highest BCUT2D eigenvalue weighted by molar-refractivity contribution is 5.62. The van der Waals surface area contributed by atoms with Crippen LogP contribution in [0.3, 0.4) is 0 Å². The van der Waals surface area contributed by atoms with E-state index in [0.29, 0.717) is 0 Å². The van der Waals surface area contributed by atoms with Gasteiger partial charge >= 0.3 is 0 Å². The average molecular weight is 189 g/mol. The van der Waals surface area contributed by atoms with Crippen LogP contribution in [0.5, 0.6) is 0 Å². The number of nitrogens with zero attached hydrogens (tertiary/aromatic N) is 1. The highest BCUT2D eigenvalue weighted by Crippen LogP contribution is 2.13. The van der Waals surface area contributed by atoms with E-state index in [1.807, 2.05) is 6.07 Å². The molecule has 0 saturated heterocycles. The Labute approximate surface area is 87.1 Å². The maximum absolute atomic E-state index is 2.31. The van der Waals surface area contributed by atoms with E-state index in [-0.39, 0.29) is 0 Å². The van der Waals surface area contributed by atoms with Crippen LogP contribution in [-0.2, 0) is 0 Å². The lowest BCUT2D eigenvalue weighted by atomic mass is 10.1. The summed E-state index contributed by atoms with van der Waals surface area (Å²) < 4.78 is 0. The lowest BCUT2D eigenvalue weighted by Gasteiger charge is -2.16. The monoisotopic (exact) mass is 189 g/mol. The molecule has 0 aliphatic carbocycles. The molecule has 0 heterocycles. The van der Waals surface area contributed by atoms with Crippen molar-refractivity contribution in [2.75, 3.05) is 13.1 Å². The molecule has 1 heteroatoms. The van der Waals surface area contributed by atoms with Gasteiger partial charge in [-0.05, 0) is 31.9 Å². The summed E-state index contributed by atoms with van der Waals surface area (Å²) in [4.78, 5) is 2.31. The summed E-state index contributed by atoms with van der Waals surface area (Å²) in [7, 11) is 0. The van der Waals surface area contributed by atoms with E-state index in [0.717, 1.165) is 13.1 Å². The molecule has 0 N–H and O–H groups in total. The van der Waals surface area contributed by atoms with E-state index in [2.05, 4.69) is 56.1 Å². The van der Waals surface area contributed by atoms with Gasteiger partial charge in [0.15, 0.2) is 0 Å². The van der Waals surface area contributed by atoms with Gasteiger partial charge in [-0.15, -0.1) is 0 Å². The summed E-state index contributed by atoms with van der Waals surface area (Å²) in [5, 5.41) is 0. The molecule has 0 radical (unpaired) electrons. The maximum atomic E-state index is 2.31. The summed E-state index contributed by atoms with van der Waals surface area (Å²) in [6, 6.07) is 10.5. The molecule has 14 heavy (non-hydrogen) atoms. The Morgan fingerprint density at radius 3 is 2.21 bits per heavy atom. The van der Waals surface area contributed by atoms with Crippen LogP contribution in [-0.4, -0.2) is 18.0 Å². The summed E-state index contributed by atoms with van der Waals surface area (Å²) in [5.74, 6) is 0. The van der Waals surface area contributed by atoms with Gasteiger partial charge < -0.3 is 4.90 Å². The summed E-state index contributed by atoms with van der Waals surface area (Å²) in [6.07, 6.45) is 2.23. The Hall–Kier alpha value is -1.24. The fourth-order valence-electron chi connectivity index (χ4n) is 1.46. The number of hydrogen-bond donors (Lipinski definition) is 0. The van der Waals surface area contributed by atoms with Crippen molar-refractivity contribution in [3.05, 3.63) is 42.1 Å². The number of rotatable bonds is 4. The third-order valence-electron chi connectivity index (χ3n) is 2.42. The molecule has 1 aromatic rings. The molecule has 0 atom stereocenters. The van der Waals surface area contributed by atoms with E-state index in [1.54, 1.807) is 0 Å². The Morgan fingerprint density at radius 1 is 1.14 bits per heavy atom. The molecule has 0 aliphatic rings. The number of hydrogen-bond acceptors (Lipinski definition) is 1. The maximum Gasteiger partial charge on any atom is 0.0144 e. The second-order valence-electron chi connectivity index (χ2n) is 3.40. The van der Waals surface area contributed by atoms with Crippen molar-refractivity contribution in [1.29, 1.82) is 0 Å². The second kappa shape index (κ2) is 5.48.